The van der Waals surface area contributed by atoms with Crippen LogP contribution in [0.25, 0.3) is 6.08 Å². The van der Waals surface area contributed by atoms with Gasteiger partial charge in [0, 0.05) is 10.9 Å². The van der Waals surface area contributed by atoms with Crippen LogP contribution in [0.2, 0.25) is 0 Å². The van der Waals surface area contributed by atoms with Crippen molar-refractivity contribution < 1.29 is 4.79 Å². The van der Waals surface area contributed by atoms with Gasteiger partial charge in [0.1, 0.15) is 6.29 Å². The number of carbonyl (C=O) groups excluding carboxylic acids is 1. The van der Waals surface area contributed by atoms with Crippen LogP contribution in [0.5, 0.6) is 0 Å². The number of alkyl halides is 1. The summed E-state index contributed by atoms with van der Waals surface area (Å²) in [6.45, 7) is 0. The van der Waals surface area contributed by atoms with Crippen LogP contribution in [0.3, 0.4) is 0 Å². The van der Waals surface area contributed by atoms with Crippen LogP contribution in [0.15, 0.2) is 30.3 Å². The minimum atomic E-state index is 0.723. The lowest BCUT2D eigenvalue weighted by atomic mass is 10.1. The lowest BCUT2D eigenvalue weighted by Crippen LogP contribution is -1.79. The molecule has 0 fully saturated rings. The molecular weight excluding hydrogens is 228 g/mol. The van der Waals surface area contributed by atoms with Crippen LogP contribution >= 0.6 is 15.9 Å². The number of carbonyl (C=O) groups is 1. The van der Waals surface area contributed by atoms with Crippen molar-refractivity contribution in [1.82, 2.24) is 0 Å². The molecule has 2 heteroatoms. The monoisotopic (exact) mass is 238 g/mol. The molecule has 0 aliphatic heterocycles. The summed E-state index contributed by atoms with van der Waals surface area (Å²) in [4.78, 5) is 10.5. The summed E-state index contributed by atoms with van der Waals surface area (Å²) in [6, 6.07) is 7.54. The first-order chi connectivity index (χ1) is 6.36. The fourth-order valence-electron chi connectivity index (χ4n) is 1.02. The van der Waals surface area contributed by atoms with E-state index in [9.17, 15) is 4.79 Å². The molecular formula is C11H11BrO. The third kappa shape index (κ3) is 3.55. The molecule has 68 valence electrons. The van der Waals surface area contributed by atoms with Gasteiger partial charge in [-0.05, 0) is 18.1 Å². The molecule has 0 aromatic heterocycles. The van der Waals surface area contributed by atoms with Gasteiger partial charge >= 0.3 is 0 Å². The van der Waals surface area contributed by atoms with Gasteiger partial charge in [-0.1, -0.05) is 46.3 Å². The van der Waals surface area contributed by atoms with Gasteiger partial charge in [-0.15, -0.1) is 0 Å². The number of benzene rings is 1. The smallest absolute Gasteiger partial charge is 0.150 e. The zero-order valence-corrected chi connectivity index (χ0v) is 8.83. The molecule has 0 bridgehead atoms. The molecule has 0 atom stereocenters. The molecule has 0 aliphatic rings. The van der Waals surface area contributed by atoms with Gasteiger partial charge < -0.3 is 0 Å². The Kier molecular flexibility index (Phi) is 4.47. The normalized spacial score (nSPS) is 10.5. The van der Waals surface area contributed by atoms with E-state index in [1.165, 1.54) is 0 Å². The first-order valence-electron chi connectivity index (χ1n) is 4.14. The lowest BCUT2D eigenvalue weighted by Gasteiger charge is -1.93. The molecule has 1 aromatic rings. The third-order valence-electron chi connectivity index (χ3n) is 1.63. The van der Waals surface area contributed by atoms with Crippen molar-refractivity contribution >= 4 is 28.3 Å². The Labute approximate surface area is 86.6 Å². The molecule has 0 saturated heterocycles. The van der Waals surface area contributed by atoms with Gasteiger partial charge in [0.25, 0.3) is 0 Å². The molecule has 0 saturated carbocycles. The van der Waals surface area contributed by atoms with Crippen molar-refractivity contribution in [3.05, 3.63) is 41.5 Å². The molecule has 0 unspecified atom stereocenters. The van der Waals surface area contributed by atoms with Gasteiger partial charge in [0.15, 0.2) is 0 Å². The fourth-order valence-corrected chi connectivity index (χ4v) is 1.28. The van der Waals surface area contributed by atoms with E-state index in [-0.39, 0.29) is 0 Å². The predicted molar refractivity (Wildman–Crippen MR) is 59.3 cm³/mol. The molecule has 1 rings (SSSR count). The summed E-state index contributed by atoms with van der Waals surface area (Å²) < 4.78 is 0. The molecule has 13 heavy (non-hydrogen) atoms. The number of hydrogen-bond donors (Lipinski definition) is 0. The van der Waals surface area contributed by atoms with E-state index in [4.69, 9.17) is 0 Å². The second-order valence-electron chi connectivity index (χ2n) is 2.67. The first-order valence-corrected chi connectivity index (χ1v) is 5.26. The van der Waals surface area contributed by atoms with Crippen LogP contribution in [0.4, 0.5) is 0 Å². The summed E-state index contributed by atoms with van der Waals surface area (Å²) >= 11 is 3.34. The maximum atomic E-state index is 10.5. The standard InChI is InChI=1S/C11H11BrO/c12-7-2-1-4-10-5-3-6-11(8-10)9-13/h1,3-6,8-9H,2,7H2. The second-order valence-corrected chi connectivity index (χ2v) is 3.46. The van der Waals surface area contributed by atoms with Gasteiger partial charge in [0.05, 0.1) is 0 Å². The maximum absolute atomic E-state index is 10.5. The minimum absolute atomic E-state index is 0.723. The molecule has 1 aromatic carbocycles. The molecule has 1 nitrogen and oxygen atoms in total. The Bertz CT molecular complexity index is 305. The van der Waals surface area contributed by atoms with Gasteiger partial charge in [-0.2, -0.15) is 0 Å². The number of rotatable bonds is 4. The average molecular weight is 239 g/mol. The van der Waals surface area contributed by atoms with Crippen molar-refractivity contribution in [1.29, 1.82) is 0 Å². The van der Waals surface area contributed by atoms with Crippen LogP contribution in [0.1, 0.15) is 22.3 Å². The highest BCUT2D eigenvalue weighted by Crippen LogP contribution is 2.06. The Morgan fingerprint density at radius 2 is 2.08 bits per heavy atom. The van der Waals surface area contributed by atoms with Crippen molar-refractivity contribution in [3.8, 4) is 0 Å². The van der Waals surface area contributed by atoms with Crippen molar-refractivity contribution in [2.75, 3.05) is 5.33 Å². The molecule has 0 amide bonds. The van der Waals surface area contributed by atoms with E-state index in [0.717, 1.165) is 29.2 Å². The van der Waals surface area contributed by atoms with Gasteiger partial charge in [-0.25, -0.2) is 0 Å². The molecule has 0 spiro atoms. The molecule has 0 aliphatic carbocycles. The summed E-state index contributed by atoms with van der Waals surface area (Å²) in [7, 11) is 0. The number of halogens is 1. The Balaban J connectivity index is 2.71. The lowest BCUT2D eigenvalue weighted by molar-refractivity contribution is 0.112. The number of hydrogen-bond acceptors (Lipinski definition) is 1. The summed E-state index contributed by atoms with van der Waals surface area (Å²) in [5.74, 6) is 0. The van der Waals surface area contributed by atoms with Gasteiger partial charge in [-0.3, -0.25) is 4.79 Å². The number of aldehydes is 1. The summed E-state index contributed by atoms with van der Waals surface area (Å²) in [6.07, 6.45) is 5.97. The molecule has 0 heterocycles. The van der Waals surface area contributed by atoms with Gasteiger partial charge in [0.2, 0.25) is 0 Å². The van der Waals surface area contributed by atoms with Crippen molar-refractivity contribution in [2.45, 2.75) is 6.42 Å². The van der Waals surface area contributed by atoms with E-state index < -0.39 is 0 Å². The maximum Gasteiger partial charge on any atom is 0.150 e. The zero-order valence-electron chi connectivity index (χ0n) is 7.24. The third-order valence-corrected chi connectivity index (χ3v) is 2.09. The second kappa shape index (κ2) is 5.70. The van der Waals surface area contributed by atoms with Crippen molar-refractivity contribution in [2.24, 2.45) is 0 Å². The van der Waals surface area contributed by atoms with E-state index in [1.807, 2.05) is 24.3 Å². The summed E-state index contributed by atoms with van der Waals surface area (Å²) in [5, 5.41) is 0.969. The minimum Gasteiger partial charge on any atom is -0.298 e. The van der Waals surface area contributed by atoms with Crippen LogP contribution in [-0.2, 0) is 0 Å². The van der Waals surface area contributed by atoms with Crippen LogP contribution in [0, 0.1) is 0 Å². The largest absolute Gasteiger partial charge is 0.298 e. The van der Waals surface area contributed by atoms with E-state index in [2.05, 4.69) is 22.0 Å². The van der Waals surface area contributed by atoms with Crippen LogP contribution in [-0.4, -0.2) is 11.6 Å². The fraction of sp³-hybridized carbons (Fsp3) is 0.182. The number of allylic oxidation sites excluding steroid dienone is 1. The highest BCUT2D eigenvalue weighted by molar-refractivity contribution is 9.09. The topological polar surface area (TPSA) is 17.1 Å². The highest BCUT2D eigenvalue weighted by atomic mass is 79.9. The zero-order chi connectivity index (χ0) is 9.52. The first kappa shape index (κ1) is 10.2. The SMILES string of the molecule is O=Cc1cccc(C=CCCBr)c1. The van der Waals surface area contributed by atoms with Crippen LogP contribution < -0.4 is 0 Å². The van der Waals surface area contributed by atoms with E-state index in [1.54, 1.807) is 6.07 Å². The average Bonchev–Trinajstić information content (AvgIpc) is 2.19. The molecule has 0 radical (unpaired) electrons. The van der Waals surface area contributed by atoms with Crippen molar-refractivity contribution in [3.63, 3.8) is 0 Å². The van der Waals surface area contributed by atoms with E-state index in [0.29, 0.717) is 0 Å². The highest BCUT2D eigenvalue weighted by Gasteiger charge is 1.89. The van der Waals surface area contributed by atoms with E-state index >= 15 is 0 Å². The Morgan fingerprint density at radius 3 is 2.77 bits per heavy atom. The Morgan fingerprint density at radius 1 is 1.31 bits per heavy atom. The predicted octanol–water partition coefficient (Wildman–Crippen LogP) is 3.30. The molecule has 0 N–H and O–H groups in total. The summed E-state index contributed by atoms with van der Waals surface area (Å²) in [5.41, 5.74) is 1.80. The quantitative estimate of drug-likeness (QED) is 0.582. The Hall–Kier alpha value is -0.890.